The number of nitrogens with one attached hydrogen (secondary N) is 2. The summed E-state index contributed by atoms with van der Waals surface area (Å²) in [5.74, 6) is 0.354. The molecule has 1 amide bonds. The van der Waals surface area contributed by atoms with Crippen LogP contribution in [0.4, 0.5) is 5.13 Å². The standard InChI is InChI=1S/C23H20N4O2S/c28-21(11-10-20-24-18-7-2-1-6-17(18)22(29)26-20)27-23-25-19(13-30-23)16-9-8-14-4-3-5-15(14)12-16/h1-2,6-9,12-13H,3-5,10-11H2,(H,24,26,29)(H,25,27,28). The monoisotopic (exact) mass is 416 g/mol. The first kappa shape index (κ1) is 18.7. The highest BCUT2D eigenvalue weighted by molar-refractivity contribution is 7.14. The molecule has 2 aromatic heterocycles. The zero-order valence-electron chi connectivity index (χ0n) is 16.3. The van der Waals surface area contributed by atoms with E-state index in [2.05, 4.69) is 38.5 Å². The van der Waals surface area contributed by atoms with E-state index in [1.54, 1.807) is 18.2 Å². The Morgan fingerprint density at radius 2 is 1.97 bits per heavy atom. The van der Waals surface area contributed by atoms with Crippen LogP contribution in [-0.4, -0.2) is 20.9 Å². The lowest BCUT2D eigenvalue weighted by Gasteiger charge is -2.04. The number of aromatic amines is 1. The maximum Gasteiger partial charge on any atom is 0.258 e. The maximum absolute atomic E-state index is 12.4. The lowest BCUT2D eigenvalue weighted by atomic mass is 10.1. The summed E-state index contributed by atoms with van der Waals surface area (Å²) >= 11 is 1.42. The topological polar surface area (TPSA) is 87.7 Å². The number of benzene rings is 2. The van der Waals surface area contributed by atoms with Crippen LogP contribution in [0.1, 0.15) is 29.8 Å². The molecular weight excluding hydrogens is 396 g/mol. The number of aryl methyl sites for hydroxylation is 3. The smallest absolute Gasteiger partial charge is 0.258 e. The van der Waals surface area contributed by atoms with Gasteiger partial charge in [0.15, 0.2) is 5.13 Å². The molecule has 1 aliphatic rings. The first-order valence-electron chi connectivity index (χ1n) is 10.0. The molecule has 150 valence electrons. The third kappa shape index (κ3) is 3.76. The summed E-state index contributed by atoms with van der Waals surface area (Å²) < 4.78 is 0. The zero-order chi connectivity index (χ0) is 20.5. The van der Waals surface area contributed by atoms with Gasteiger partial charge in [-0.2, -0.15) is 0 Å². The number of H-pyrrole nitrogens is 1. The molecule has 2 aromatic carbocycles. The fraction of sp³-hybridized carbons (Fsp3) is 0.217. The van der Waals surface area contributed by atoms with Gasteiger partial charge in [-0.05, 0) is 48.6 Å². The molecule has 0 atom stereocenters. The van der Waals surface area contributed by atoms with Gasteiger partial charge in [-0.1, -0.05) is 24.3 Å². The van der Waals surface area contributed by atoms with Crippen LogP contribution in [0.25, 0.3) is 22.2 Å². The largest absolute Gasteiger partial charge is 0.310 e. The number of hydrogen-bond donors (Lipinski definition) is 2. The third-order valence-electron chi connectivity index (χ3n) is 5.40. The molecular formula is C23H20N4O2S. The number of carbonyl (C=O) groups excluding carboxylic acids is 1. The first-order valence-corrected chi connectivity index (χ1v) is 10.9. The van der Waals surface area contributed by atoms with Gasteiger partial charge in [0, 0.05) is 23.8 Å². The Bertz CT molecular complexity index is 1310. The van der Waals surface area contributed by atoms with E-state index >= 15 is 0 Å². The van der Waals surface area contributed by atoms with Crippen LogP contribution >= 0.6 is 11.3 Å². The average Bonchev–Trinajstić information content (AvgIpc) is 3.41. The van der Waals surface area contributed by atoms with Crippen molar-refractivity contribution in [2.75, 3.05) is 5.32 Å². The molecule has 30 heavy (non-hydrogen) atoms. The molecule has 1 aliphatic carbocycles. The van der Waals surface area contributed by atoms with E-state index in [4.69, 9.17) is 0 Å². The number of thiazole rings is 1. The van der Waals surface area contributed by atoms with Crippen LogP contribution in [0.15, 0.2) is 52.6 Å². The normalized spacial score (nSPS) is 12.8. The fourth-order valence-electron chi connectivity index (χ4n) is 3.86. The third-order valence-corrected chi connectivity index (χ3v) is 6.15. The van der Waals surface area contributed by atoms with Crippen molar-refractivity contribution in [3.05, 3.63) is 75.1 Å². The summed E-state index contributed by atoms with van der Waals surface area (Å²) in [6.07, 6.45) is 4.08. The molecule has 0 bridgehead atoms. The molecule has 5 rings (SSSR count). The van der Waals surface area contributed by atoms with Gasteiger partial charge in [0.1, 0.15) is 5.82 Å². The number of amides is 1. The predicted molar refractivity (Wildman–Crippen MR) is 119 cm³/mol. The van der Waals surface area contributed by atoms with Crippen molar-refractivity contribution in [1.29, 1.82) is 0 Å². The summed E-state index contributed by atoms with van der Waals surface area (Å²) in [6, 6.07) is 13.7. The number of fused-ring (bicyclic) bond motifs is 2. The van der Waals surface area contributed by atoms with Gasteiger partial charge < -0.3 is 10.3 Å². The molecule has 2 heterocycles. The molecule has 0 unspecified atom stereocenters. The quantitative estimate of drug-likeness (QED) is 0.513. The molecule has 6 nitrogen and oxygen atoms in total. The van der Waals surface area contributed by atoms with E-state index in [0.717, 1.165) is 24.1 Å². The maximum atomic E-state index is 12.4. The van der Waals surface area contributed by atoms with E-state index in [-0.39, 0.29) is 17.9 Å². The Hall–Kier alpha value is -3.32. The highest BCUT2D eigenvalue weighted by Gasteiger charge is 2.14. The Balaban J connectivity index is 1.24. The molecule has 0 fully saturated rings. The van der Waals surface area contributed by atoms with Crippen LogP contribution in [0.5, 0.6) is 0 Å². The number of nitrogens with zero attached hydrogens (tertiary/aromatic N) is 2. The summed E-state index contributed by atoms with van der Waals surface area (Å²) in [6.45, 7) is 0. The minimum Gasteiger partial charge on any atom is -0.310 e. The summed E-state index contributed by atoms with van der Waals surface area (Å²) in [5, 5.41) is 5.95. The highest BCUT2D eigenvalue weighted by atomic mass is 32.1. The molecule has 7 heteroatoms. The van der Waals surface area contributed by atoms with Crippen LogP contribution < -0.4 is 10.9 Å². The van der Waals surface area contributed by atoms with Crippen LogP contribution in [0, 0.1) is 0 Å². The summed E-state index contributed by atoms with van der Waals surface area (Å²) in [5.41, 5.74) is 5.26. The number of carbonyl (C=O) groups is 1. The van der Waals surface area contributed by atoms with Gasteiger partial charge in [-0.25, -0.2) is 9.97 Å². The average molecular weight is 417 g/mol. The first-order chi connectivity index (χ1) is 14.7. The predicted octanol–water partition coefficient (Wildman–Crippen LogP) is 4.11. The Morgan fingerprint density at radius 1 is 1.10 bits per heavy atom. The molecule has 0 saturated heterocycles. The van der Waals surface area contributed by atoms with Crippen LogP contribution in [-0.2, 0) is 24.1 Å². The Labute approximate surface area is 177 Å². The Morgan fingerprint density at radius 3 is 2.90 bits per heavy atom. The molecule has 0 radical (unpaired) electrons. The second-order valence-corrected chi connectivity index (χ2v) is 8.31. The van der Waals surface area contributed by atoms with Gasteiger partial charge in [0.25, 0.3) is 5.56 Å². The van der Waals surface area contributed by atoms with Crippen LogP contribution in [0.3, 0.4) is 0 Å². The van der Waals surface area contributed by atoms with Gasteiger partial charge in [-0.15, -0.1) is 11.3 Å². The molecule has 0 spiro atoms. The van der Waals surface area contributed by atoms with Gasteiger partial charge in [-0.3, -0.25) is 9.59 Å². The minimum absolute atomic E-state index is 0.152. The van der Waals surface area contributed by atoms with E-state index in [1.165, 1.54) is 28.9 Å². The highest BCUT2D eigenvalue weighted by Crippen LogP contribution is 2.30. The van der Waals surface area contributed by atoms with Crippen molar-refractivity contribution in [1.82, 2.24) is 15.0 Å². The molecule has 0 aliphatic heterocycles. The summed E-state index contributed by atoms with van der Waals surface area (Å²) in [4.78, 5) is 36.3. The molecule has 4 aromatic rings. The van der Waals surface area contributed by atoms with E-state index in [1.807, 2.05) is 11.4 Å². The zero-order valence-corrected chi connectivity index (χ0v) is 17.1. The van der Waals surface area contributed by atoms with Gasteiger partial charge in [0.2, 0.25) is 5.91 Å². The van der Waals surface area contributed by atoms with Crippen molar-refractivity contribution in [3.63, 3.8) is 0 Å². The number of anilines is 1. The van der Waals surface area contributed by atoms with Gasteiger partial charge >= 0.3 is 0 Å². The van der Waals surface area contributed by atoms with Crippen LogP contribution in [0.2, 0.25) is 0 Å². The number of rotatable bonds is 5. The minimum atomic E-state index is -0.185. The van der Waals surface area contributed by atoms with Crippen molar-refractivity contribution in [2.24, 2.45) is 0 Å². The van der Waals surface area contributed by atoms with E-state index in [0.29, 0.717) is 28.3 Å². The fourth-order valence-corrected chi connectivity index (χ4v) is 4.60. The Kier molecular flexibility index (Phi) is 4.88. The molecule has 0 saturated carbocycles. The van der Waals surface area contributed by atoms with Gasteiger partial charge in [0.05, 0.1) is 16.6 Å². The number of para-hydroxylation sites is 1. The lowest BCUT2D eigenvalue weighted by Crippen LogP contribution is -2.16. The van der Waals surface area contributed by atoms with Crippen molar-refractivity contribution >= 4 is 33.3 Å². The second kappa shape index (κ2) is 7.84. The lowest BCUT2D eigenvalue weighted by molar-refractivity contribution is -0.116. The second-order valence-electron chi connectivity index (χ2n) is 7.45. The van der Waals surface area contributed by atoms with Crippen molar-refractivity contribution in [3.8, 4) is 11.3 Å². The van der Waals surface area contributed by atoms with Crippen molar-refractivity contribution < 1.29 is 4.79 Å². The number of hydrogen-bond acceptors (Lipinski definition) is 5. The molecule has 2 N–H and O–H groups in total. The van der Waals surface area contributed by atoms with Crippen molar-refractivity contribution in [2.45, 2.75) is 32.1 Å². The SMILES string of the molecule is O=C(CCc1nc2ccccc2c(=O)[nH]1)Nc1nc(-c2ccc3c(c2)CCC3)cs1. The summed E-state index contributed by atoms with van der Waals surface area (Å²) in [7, 11) is 0. The van der Waals surface area contributed by atoms with E-state index < -0.39 is 0 Å². The van der Waals surface area contributed by atoms with E-state index in [9.17, 15) is 9.59 Å². The number of aromatic nitrogens is 3.